The summed E-state index contributed by atoms with van der Waals surface area (Å²) in [6.45, 7) is 5.44. The Hall–Kier alpha value is -1.26. The third kappa shape index (κ3) is 5.94. The van der Waals surface area contributed by atoms with Crippen molar-refractivity contribution in [3.8, 4) is 0 Å². The molecule has 2 unspecified atom stereocenters. The average Bonchev–Trinajstić information content (AvgIpc) is 2.58. The summed E-state index contributed by atoms with van der Waals surface area (Å²) in [7, 11) is 0. The first-order chi connectivity index (χ1) is 9.00. The smallest absolute Gasteiger partial charge is 0.317 e. The van der Waals surface area contributed by atoms with Crippen LogP contribution in [0.3, 0.4) is 0 Å². The van der Waals surface area contributed by atoms with Gasteiger partial charge in [0.1, 0.15) is 0 Å². The first-order valence-electron chi connectivity index (χ1n) is 7.27. The van der Waals surface area contributed by atoms with Gasteiger partial charge in [-0.15, -0.1) is 0 Å². The Morgan fingerprint density at radius 2 is 2.11 bits per heavy atom. The second-order valence-electron chi connectivity index (χ2n) is 5.62. The molecule has 1 rings (SSSR count). The van der Waals surface area contributed by atoms with E-state index in [1.165, 1.54) is 12.8 Å². The summed E-state index contributed by atoms with van der Waals surface area (Å²) in [5.74, 6) is -0.582. The fourth-order valence-corrected chi connectivity index (χ4v) is 2.41. The molecular weight excluding hydrogens is 244 g/mol. The molecule has 2 N–H and O–H groups in total. The standard InChI is InChI=1S/C14H26N2O3/c1-11(7-8-13(17)18)10-15-14(19)16-9-5-3-4-6-12(16)2/h11-12H,3-10H2,1-2H3,(H,15,19)(H,17,18). The van der Waals surface area contributed by atoms with Gasteiger partial charge in [-0.2, -0.15) is 0 Å². The topological polar surface area (TPSA) is 69.6 Å². The number of urea groups is 1. The van der Waals surface area contributed by atoms with E-state index in [2.05, 4.69) is 12.2 Å². The van der Waals surface area contributed by atoms with E-state index >= 15 is 0 Å². The number of hydrogen-bond donors (Lipinski definition) is 2. The number of amides is 2. The Balaban J connectivity index is 2.30. The number of carboxylic acid groups (broad SMARTS) is 1. The van der Waals surface area contributed by atoms with Crippen molar-refractivity contribution in [2.24, 2.45) is 5.92 Å². The molecule has 19 heavy (non-hydrogen) atoms. The van der Waals surface area contributed by atoms with Gasteiger partial charge < -0.3 is 15.3 Å². The van der Waals surface area contributed by atoms with Gasteiger partial charge in [-0.25, -0.2) is 4.79 Å². The molecule has 0 aromatic heterocycles. The van der Waals surface area contributed by atoms with Crippen LogP contribution in [0.25, 0.3) is 0 Å². The molecular formula is C14H26N2O3. The third-order valence-corrected chi connectivity index (χ3v) is 3.77. The van der Waals surface area contributed by atoms with Crippen LogP contribution in [0.1, 0.15) is 52.4 Å². The SMILES string of the molecule is CC(CCC(=O)O)CNC(=O)N1CCCCCC1C. The summed E-state index contributed by atoms with van der Waals surface area (Å²) in [6, 6.07) is 0.299. The molecule has 0 aliphatic carbocycles. The van der Waals surface area contributed by atoms with Crippen molar-refractivity contribution in [2.45, 2.75) is 58.4 Å². The number of aliphatic carboxylic acids is 1. The lowest BCUT2D eigenvalue weighted by Crippen LogP contribution is -2.45. The monoisotopic (exact) mass is 270 g/mol. The molecule has 0 radical (unpaired) electrons. The van der Waals surface area contributed by atoms with E-state index in [9.17, 15) is 9.59 Å². The van der Waals surface area contributed by atoms with Crippen molar-refractivity contribution < 1.29 is 14.7 Å². The van der Waals surface area contributed by atoms with Gasteiger partial charge in [0.2, 0.25) is 0 Å². The lowest BCUT2D eigenvalue weighted by molar-refractivity contribution is -0.137. The molecule has 110 valence electrons. The number of nitrogens with zero attached hydrogens (tertiary/aromatic N) is 1. The van der Waals surface area contributed by atoms with Gasteiger partial charge in [0.25, 0.3) is 0 Å². The minimum Gasteiger partial charge on any atom is -0.481 e. The molecule has 1 fully saturated rings. The van der Waals surface area contributed by atoms with Crippen LogP contribution < -0.4 is 5.32 Å². The molecule has 1 aliphatic heterocycles. The zero-order valence-corrected chi connectivity index (χ0v) is 12.0. The molecule has 2 atom stereocenters. The number of carboxylic acids is 1. The van der Waals surface area contributed by atoms with Gasteiger partial charge >= 0.3 is 12.0 Å². The van der Waals surface area contributed by atoms with Crippen LogP contribution in [0.15, 0.2) is 0 Å². The number of likely N-dealkylation sites (tertiary alicyclic amines) is 1. The molecule has 0 spiro atoms. The first kappa shape index (κ1) is 15.8. The van der Waals surface area contributed by atoms with Crippen LogP contribution in [0.5, 0.6) is 0 Å². The molecule has 1 saturated heterocycles. The fraction of sp³-hybridized carbons (Fsp3) is 0.857. The maximum Gasteiger partial charge on any atom is 0.317 e. The molecule has 0 aromatic rings. The van der Waals surface area contributed by atoms with E-state index in [0.29, 0.717) is 19.0 Å². The van der Waals surface area contributed by atoms with Crippen molar-refractivity contribution in [1.82, 2.24) is 10.2 Å². The molecule has 1 heterocycles. The first-order valence-corrected chi connectivity index (χ1v) is 7.27. The van der Waals surface area contributed by atoms with E-state index in [-0.39, 0.29) is 18.4 Å². The molecule has 5 nitrogen and oxygen atoms in total. The van der Waals surface area contributed by atoms with Crippen molar-refractivity contribution in [3.63, 3.8) is 0 Å². The lowest BCUT2D eigenvalue weighted by Gasteiger charge is -2.28. The summed E-state index contributed by atoms with van der Waals surface area (Å²) in [6.07, 6.45) is 5.31. The lowest BCUT2D eigenvalue weighted by atomic mass is 10.1. The van der Waals surface area contributed by atoms with Crippen molar-refractivity contribution in [3.05, 3.63) is 0 Å². The van der Waals surface area contributed by atoms with Crippen LogP contribution in [0.4, 0.5) is 4.79 Å². The fourth-order valence-electron chi connectivity index (χ4n) is 2.41. The van der Waals surface area contributed by atoms with Crippen molar-refractivity contribution >= 4 is 12.0 Å². The van der Waals surface area contributed by atoms with Crippen LogP contribution >= 0.6 is 0 Å². The van der Waals surface area contributed by atoms with E-state index in [0.717, 1.165) is 19.4 Å². The van der Waals surface area contributed by atoms with Crippen molar-refractivity contribution in [2.75, 3.05) is 13.1 Å². The summed E-state index contributed by atoms with van der Waals surface area (Å²) >= 11 is 0. The van der Waals surface area contributed by atoms with Crippen LogP contribution in [0.2, 0.25) is 0 Å². The normalized spacial score (nSPS) is 21.6. The predicted molar refractivity (Wildman–Crippen MR) is 74.1 cm³/mol. The summed E-state index contributed by atoms with van der Waals surface area (Å²) in [5, 5.41) is 11.5. The summed E-state index contributed by atoms with van der Waals surface area (Å²) in [4.78, 5) is 24.5. The largest absolute Gasteiger partial charge is 0.481 e. The number of hydrogen-bond acceptors (Lipinski definition) is 2. The van der Waals surface area contributed by atoms with Crippen LogP contribution in [-0.4, -0.2) is 41.1 Å². The maximum absolute atomic E-state index is 12.1. The van der Waals surface area contributed by atoms with Gasteiger partial charge in [-0.3, -0.25) is 4.79 Å². The van der Waals surface area contributed by atoms with Crippen molar-refractivity contribution in [1.29, 1.82) is 0 Å². The number of rotatable bonds is 5. The number of nitrogens with one attached hydrogen (secondary N) is 1. The maximum atomic E-state index is 12.1. The van der Waals surface area contributed by atoms with E-state index in [1.807, 2.05) is 11.8 Å². The van der Waals surface area contributed by atoms with Gasteiger partial charge in [0.15, 0.2) is 0 Å². The summed E-state index contributed by atoms with van der Waals surface area (Å²) < 4.78 is 0. The Morgan fingerprint density at radius 1 is 1.37 bits per heavy atom. The number of carbonyl (C=O) groups excluding carboxylic acids is 1. The predicted octanol–water partition coefficient (Wildman–Crippen LogP) is 2.46. The zero-order chi connectivity index (χ0) is 14.3. The minimum absolute atomic E-state index is 0.00317. The zero-order valence-electron chi connectivity index (χ0n) is 12.0. The second-order valence-corrected chi connectivity index (χ2v) is 5.62. The Morgan fingerprint density at radius 3 is 2.79 bits per heavy atom. The highest BCUT2D eigenvalue weighted by molar-refractivity contribution is 5.74. The van der Waals surface area contributed by atoms with Crippen LogP contribution in [-0.2, 0) is 4.79 Å². The Kier molecular flexibility index (Phi) is 6.67. The molecule has 0 aromatic carbocycles. The highest BCUT2D eigenvalue weighted by atomic mass is 16.4. The summed E-state index contributed by atoms with van der Waals surface area (Å²) in [5.41, 5.74) is 0. The van der Waals surface area contributed by atoms with Gasteiger partial charge in [-0.1, -0.05) is 19.8 Å². The molecule has 0 saturated carbocycles. The van der Waals surface area contributed by atoms with E-state index < -0.39 is 5.97 Å². The van der Waals surface area contributed by atoms with Gasteiger partial charge in [0.05, 0.1) is 0 Å². The Labute approximate surface area is 115 Å². The van der Waals surface area contributed by atoms with Gasteiger partial charge in [0, 0.05) is 25.6 Å². The second kappa shape index (κ2) is 8.02. The molecule has 5 heteroatoms. The Bertz CT molecular complexity index is 307. The average molecular weight is 270 g/mol. The van der Waals surface area contributed by atoms with E-state index in [4.69, 9.17) is 5.11 Å². The van der Waals surface area contributed by atoms with Crippen LogP contribution in [0, 0.1) is 5.92 Å². The minimum atomic E-state index is -0.778. The third-order valence-electron chi connectivity index (χ3n) is 3.77. The van der Waals surface area contributed by atoms with Gasteiger partial charge in [-0.05, 0) is 32.1 Å². The molecule has 0 bridgehead atoms. The van der Waals surface area contributed by atoms with E-state index in [1.54, 1.807) is 0 Å². The highest BCUT2D eigenvalue weighted by Gasteiger charge is 2.21. The molecule has 1 aliphatic rings. The quantitative estimate of drug-likeness (QED) is 0.806. The highest BCUT2D eigenvalue weighted by Crippen LogP contribution is 2.16. The molecule has 2 amide bonds. The number of carbonyl (C=O) groups is 2.